The first-order chi connectivity index (χ1) is 18.1. The summed E-state index contributed by atoms with van der Waals surface area (Å²) in [5, 5.41) is 23.3. The van der Waals surface area contributed by atoms with Crippen molar-refractivity contribution >= 4 is 34.5 Å². The summed E-state index contributed by atoms with van der Waals surface area (Å²) < 4.78 is 59.0. The fraction of sp³-hybridized carbons (Fsp3) is 0.467. The van der Waals surface area contributed by atoms with Gasteiger partial charge in [-0.3, -0.25) is 4.52 Å². The predicted molar refractivity (Wildman–Crippen MR) is 124 cm³/mol. The molecule has 0 saturated carbocycles. The molecule has 8 N–H and O–H groups in total. The average molecular weight is 615 g/mol. The quantitative estimate of drug-likeness (QED) is 0.0592. The number of phosphoric ester groups is 1. The van der Waals surface area contributed by atoms with Gasteiger partial charge in [-0.25, -0.2) is 13.7 Å². The first-order valence-corrected chi connectivity index (χ1v) is 14.7. The number of hydrogen-bond acceptors (Lipinski definition) is 14. The molecule has 5 atom stereocenters. The van der Waals surface area contributed by atoms with Crippen LogP contribution in [0.2, 0.25) is 0 Å². The molecule has 0 amide bonds. The maximum Gasteiger partial charge on any atom is 0.490 e. The first-order valence-electron chi connectivity index (χ1n) is 10.2. The molecular formula is C15H20N7O14P3. The van der Waals surface area contributed by atoms with Crippen LogP contribution in [-0.4, -0.2) is 76.4 Å². The third-order valence-electron chi connectivity index (χ3n) is 4.68. The maximum atomic E-state index is 12.1. The summed E-state index contributed by atoms with van der Waals surface area (Å²) in [6.07, 6.45) is -1.98. The molecule has 39 heavy (non-hydrogen) atoms. The Kier molecular flexibility index (Phi) is 9.73. The largest absolute Gasteiger partial charge is 0.493 e. The molecule has 2 aromatic heterocycles. The Morgan fingerprint density at radius 1 is 1.21 bits per heavy atom. The van der Waals surface area contributed by atoms with Crippen molar-refractivity contribution in [2.24, 2.45) is 10.8 Å². The Morgan fingerprint density at radius 2 is 1.92 bits per heavy atom. The summed E-state index contributed by atoms with van der Waals surface area (Å²) in [5.74, 6) is 4.70. The number of azide groups is 1. The number of aromatic hydroxyl groups is 2. The van der Waals surface area contributed by atoms with Crippen LogP contribution in [0.5, 0.6) is 11.9 Å². The van der Waals surface area contributed by atoms with Crippen molar-refractivity contribution in [1.82, 2.24) is 14.5 Å². The van der Waals surface area contributed by atoms with Crippen molar-refractivity contribution in [2.75, 3.05) is 19.9 Å². The van der Waals surface area contributed by atoms with E-state index in [-0.39, 0.29) is 29.6 Å². The van der Waals surface area contributed by atoms with E-state index in [9.17, 15) is 33.7 Å². The van der Waals surface area contributed by atoms with Gasteiger partial charge in [0.15, 0.2) is 5.65 Å². The van der Waals surface area contributed by atoms with Crippen LogP contribution < -0.4 is 5.73 Å². The molecule has 3 rings (SSSR count). The molecule has 1 saturated heterocycles. The van der Waals surface area contributed by atoms with Crippen molar-refractivity contribution in [3.8, 4) is 23.7 Å². The molecule has 214 valence electrons. The second-order valence-corrected chi connectivity index (χ2v) is 11.7. The zero-order chi connectivity index (χ0) is 29.0. The minimum Gasteiger partial charge on any atom is -0.493 e. The number of rotatable bonds is 11. The molecule has 2 unspecified atom stereocenters. The average Bonchev–Trinajstić information content (AvgIpc) is 3.35. The van der Waals surface area contributed by atoms with E-state index in [1.54, 1.807) is 0 Å². The maximum absolute atomic E-state index is 12.1. The topological polar surface area (TPSA) is 324 Å². The van der Waals surface area contributed by atoms with Crippen LogP contribution in [-0.2, 0) is 36.3 Å². The van der Waals surface area contributed by atoms with Crippen LogP contribution in [0.3, 0.4) is 0 Å². The van der Waals surface area contributed by atoms with Gasteiger partial charge in [-0.05, 0) is 5.53 Å². The van der Waals surface area contributed by atoms with Crippen molar-refractivity contribution < 1.29 is 66.1 Å². The summed E-state index contributed by atoms with van der Waals surface area (Å²) in [7, 11) is -16.8. The minimum atomic E-state index is -5.75. The Bertz CT molecular complexity index is 1480. The second kappa shape index (κ2) is 12.3. The van der Waals surface area contributed by atoms with Crippen LogP contribution in [0.25, 0.3) is 21.5 Å². The highest BCUT2D eigenvalue weighted by Gasteiger charge is 2.43. The fourth-order valence-electron chi connectivity index (χ4n) is 3.40. The lowest BCUT2D eigenvalue weighted by Crippen LogP contribution is -2.29. The summed E-state index contributed by atoms with van der Waals surface area (Å²) in [5.41, 5.74) is 14.1. The number of nitrogens with zero attached hydrogens (tertiary/aromatic N) is 6. The SMILES string of the molecule is [N-]=[N+]=NCO[C@@H]1C[C@H](n2cc(C#CCN)c3c(O)nc(O)nc32)O[C@@H]1COP(=O)(O)OP(=O)(O)OP(=O)(O)O. The molecule has 24 heteroatoms. The van der Waals surface area contributed by atoms with Gasteiger partial charge in [-0.15, -0.1) is 0 Å². The van der Waals surface area contributed by atoms with Gasteiger partial charge in [-0.1, -0.05) is 17.0 Å². The van der Waals surface area contributed by atoms with E-state index < -0.39 is 67.1 Å². The van der Waals surface area contributed by atoms with Crippen molar-refractivity contribution in [3.63, 3.8) is 0 Å². The third kappa shape index (κ3) is 8.43. The molecule has 1 aliphatic heterocycles. The summed E-state index contributed by atoms with van der Waals surface area (Å²) in [6.45, 7) is -1.40. The van der Waals surface area contributed by atoms with E-state index >= 15 is 0 Å². The van der Waals surface area contributed by atoms with Crippen molar-refractivity contribution in [2.45, 2.75) is 24.9 Å². The molecule has 1 fully saturated rings. The molecule has 0 spiro atoms. The molecule has 2 aromatic rings. The van der Waals surface area contributed by atoms with Gasteiger partial charge >= 0.3 is 29.5 Å². The summed E-state index contributed by atoms with van der Waals surface area (Å²) >= 11 is 0. The van der Waals surface area contributed by atoms with E-state index in [1.165, 1.54) is 10.8 Å². The normalized spacial score (nSPS) is 22.4. The molecule has 3 heterocycles. The number of ether oxygens (including phenoxy) is 2. The third-order valence-corrected chi connectivity index (χ3v) is 8.49. The number of nitrogens with two attached hydrogens (primary N) is 1. The smallest absolute Gasteiger partial charge is 0.490 e. The highest BCUT2D eigenvalue weighted by molar-refractivity contribution is 7.66. The van der Waals surface area contributed by atoms with Gasteiger partial charge in [0, 0.05) is 17.5 Å². The van der Waals surface area contributed by atoms with Crippen LogP contribution in [0.4, 0.5) is 0 Å². The number of hydrogen-bond donors (Lipinski definition) is 7. The standard InChI is InChI=1S/C15H20N7O14P3/c16-3-1-2-8-5-22(13-12(8)14(23)20-15(24)19-13)11-4-9(32-7-18-21-17)10(34-11)6-33-38(28,29)36-39(30,31)35-37(25,26)27/h5,9-11H,3-4,6-7,16H2,(H,28,29)(H,30,31)(H2,25,26,27)(H2,19,20,23,24)/t9-,10-,11-/m1/s1. The Morgan fingerprint density at radius 3 is 2.56 bits per heavy atom. The molecular weight excluding hydrogens is 595 g/mol. The van der Waals surface area contributed by atoms with Crippen LogP contribution in [0.1, 0.15) is 18.2 Å². The van der Waals surface area contributed by atoms with Gasteiger partial charge in [-0.2, -0.15) is 18.6 Å². The lowest BCUT2D eigenvalue weighted by atomic mass is 10.2. The van der Waals surface area contributed by atoms with Gasteiger partial charge < -0.3 is 49.6 Å². The predicted octanol–water partition coefficient (Wildman–Crippen LogP) is 0.436. The molecule has 21 nitrogen and oxygen atoms in total. The van der Waals surface area contributed by atoms with Gasteiger partial charge in [0.25, 0.3) is 0 Å². The first kappa shape index (κ1) is 30.9. The Labute approximate surface area is 217 Å². The molecule has 0 aliphatic carbocycles. The van der Waals surface area contributed by atoms with E-state index in [2.05, 4.69) is 45.0 Å². The lowest BCUT2D eigenvalue weighted by Gasteiger charge is -2.21. The van der Waals surface area contributed by atoms with Crippen LogP contribution >= 0.6 is 23.5 Å². The lowest BCUT2D eigenvalue weighted by molar-refractivity contribution is -0.0582. The Balaban J connectivity index is 1.87. The van der Waals surface area contributed by atoms with E-state index in [0.29, 0.717) is 0 Å². The van der Waals surface area contributed by atoms with E-state index in [4.69, 9.17) is 30.5 Å². The fourth-order valence-corrected chi connectivity index (χ4v) is 6.43. The molecule has 1 aliphatic rings. The van der Waals surface area contributed by atoms with E-state index in [1.807, 2.05) is 0 Å². The van der Waals surface area contributed by atoms with Crippen molar-refractivity contribution in [1.29, 1.82) is 0 Å². The number of aromatic nitrogens is 3. The highest BCUT2D eigenvalue weighted by Crippen LogP contribution is 2.66. The van der Waals surface area contributed by atoms with Crippen molar-refractivity contribution in [3.05, 3.63) is 22.2 Å². The molecule has 0 radical (unpaired) electrons. The zero-order valence-electron chi connectivity index (χ0n) is 19.2. The molecule has 0 aromatic carbocycles. The second-order valence-electron chi connectivity index (χ2n) is 7.32. The van der Waals surface area contributed by atoms with E-state index in [0.717, 1.165) is 0 Å². The van der Waals surface area contributed by atoms with Gasteiger partial charge in [0.1, 0.15) is 19.1 Å². The summed E-state index contributed by atoms with van der Waals surface area (Å²) in [4.78, 5) is 46.2. The highest BCUT2D eigenvalue weighted by atomic mass is 31.3. The zero-order valence-corrected chi connectivity index (χ0v) is 21.9. The van der Waals surface area contributed by atoms with Gasteiger partial charge in [0.05, 0.1) is 30.2 Å². The van der Waals surface area contributed by atoms with Crippen LogP contribution in [0.15, 0.2) is 11.3 Å². The number of fused-ring (bicyclic) bond motifs is 1. The monoisotopic (exact) mass is 615 g/mol. The minimum absolute atomic E-state index is 0.0235. The van der Waals surface area contributed by atoms with Gasteiger partial charge in [0.2, 0.25) is 5.88 Å². The van der Waals surface area contributed by atoms with Crippen LogP contribution in [0, 0.1) is 11.8 Å². The molecule has 0 bridgehead atoms. The number of phosphoric acid groups is 3. The summed E-state index contributed by atoms with van der Waals surface area (Å²) in [6, 6.07) is -0.781. The Hall–Kier alpha value is -2.62.